The van der Waals surface area contributed by atoms with Crippen LogP contribution in [-0.4, -0.2) is 30.2 Å². The van der Waals surface area contributed by atoms with Crippen LogP contribution in [0.15, 0.2) is 28.9 Å². The van der Waals surface area contributed by atoms with Gasteiger partial charge in [0, 0.05) is 18.4 Å². The van der Waals surface area contributed by atoms with Crippen LogP contribution in [0.2, 0.25) is 0 Å². The first-order valence-electron chi connectivity index (χ1n) is 6.38. The van der Waals surface area contributed by atoms with Crippen LogP contribution in [0.1, 0.15) is 29.5 Å². The van der Waals surface area contributed by atoms with Crippen LogP contribution >= 0.6 is 23.3 Å². The van der Waals surface area contributed by atoms with Gasteiger partial charge in [-0.1, -0.05) is 6.92 Å². The summed E-state index contributed by atoms with van der Waals surface area (Å²) in [6, 6.07) is 4.93. The lowest BCUT2D eigenvalue weighted by Crippen LogP contribution is -1.94. The number of benzene rings is 1. The Hall–Kier alpha value is -1.93. The molecule has 21 heavy (non-hydrogen) atoms. The highest BCUT2D eigenvalue weighted by Crippen LogP contribution is 2.30. The summed E-state index contributed by atoms with van der Waals surface area (Å²) in [5.41, 5.74) is 1.06. The van der Waals surface area contributed by atoms with Crippen molar-refractivity contribution in [3.63, 3.8) is 0 Å². The van der Waals surface area contributed by atoms with Crippen molar-refractivity contribution >= 4 is 39.5 Å². The van der Waals surface area contributed by atoms with Crippen molar-refractivity contribution < 1.29 is 9.90 Å². The van der Waals surface area contributed by atoms with E-state index in [2.05, 4.69) is 22.0 Å². The molecule has 8 heteroatoms. The Labute approximate surface area is 129 Å². The zero-order chi connectivity index (χ0) is 14.8. The van der Waals surface area contributed by atoms with Gasteiger partial charge in [-0.3, -0.25) is 0 Å². The van der Waals surface area contributed by atoms with Crippen LogP contribution in [0.4, 0.5) is 0 Å². The highest BCUT2D eigenvalue weighted by atomic mass is 32.2. The summed E-state index contributed by atoms with van der Waals surface area (Å²) in [6.07, 6.45) is 3.54. The Morgan fingerprint density at radius 1 is 1.48 bits per heavy atom. The molecule has 0 spiro atoms. The molecule has 3 aromatic rings. The third-order valence-electron chi connectivity index (χ3n) is 2.78. The zero-order valence-corrected chi connectivity index (χ0v) is 12.8. The van der Waals surface area contributed by atoms with E-state index in [1.54, 1.807) is 28.6 Å². The molecule has 3 rings (SSSR count). The first kappa shape index (κ1) is 14.0. The highest BCUT2D eigenvalue weighted by molar-refractivity contribution is 7.99. The molecular formula is C13H12N4O2S2. The average Bonchev–Trinajstić information content (AvgIpc) is 3.04. The molecule has 1 aromatic carbocycles. The number of thiazole rings is 1. The van der Waals surface area contributed by atoms with E-state index in [1.165, 1.54) is 23.3 Å². The number of aromatic nitrogens is 4. The summed E-state index contributed by atoms with van der Waals surface area (Å²) in [7, 11) is 0. The second-order valence-corrected chi connectivity index (χ2v) is 6.60. The van der Waals surface area contributed by atoms with Crippen LogP contribution in [0.3, 0.4) is 0 Å². The fraction of sp³-hybridized carbons (Fsp3) is 0.231. The van der Waals surface area contributed by atoms with Crippen LogP contribution in [0.5, 0.6) is 0 Å². The lowest BCUT2D eigenvalue weighted by Gasteiger charge is -1.93. The second-order valence-electron chi connectivity index (χ2n) is 4.37. The van der Waals surface area contributed by atoms with Crippen LogP contribution in [0.25, 0.3) is 10.2 Å². The molecule has 0 aliphatic heterocycles. The molecule has 0 bridgehead atoms. The summed E-state index contributed by atoms with van der Waals surface area (Å²) in [5.74, 6) is -0.112. The predicted molar refractivity (Wildman–Crippen MR) is 81.9 cm³/mol. The molecule has 6 nitrogen and oxygen atoms in total. The Kier molecular flexibility index (Phi) is 3.89. The molecule has 0 aliphatic rings. The first-order chi connectivity index (χ1) is 10.2. The lowest BCUT2D eigenvalue weighted by molar-refractivity contribution is 0.0697. The number of carboxylic acid groups (broad SMARTS) is 1. The summed E-state index contributed by atoms with van der Waals surface area (Å²) in [4.78, 5) is 19.7. The van der Waals surface area contributed by atoms with E-state index in [4.69, 9.17) is 5.11 Å². The van der Waals surface area contributed by atoms with Gasteiger partial charge in [0.05, 0.1) is 15.8 Å². The van der Waals surface area contributed by atoms with Gasteiger partial charge >= 0.3 is 5.97 Å². The van der Waals surface area contributed by atoms with Crippen molar-refractivity contribution in [3.05, 3.63) is 35.9 Å². The van der Waals surface area contributed by atoms with E-state index in [0.29, 0.717) is 0 Å². The van der Waals surface area contributed by atoms with E-state index in [9.17, 15) is 4.79 Å². The molecule has 0 saturated heterocycles. The third-order valence-corrected chi connectivity index (χ3v) is 4.68. The smallest absolute Gasteiger partial charge is 0.335 e. The van der Waals surface area contributed by atoms with Crippen molar-refractivity contribution in [3.8, 4) is 0 Å². The lowest BCUT2D eigenvalue weighted by atomic mass is 10.2. The van der Waals surface area contributed by atoms with Crippen LogP contribution in [0, 0.1) is 0 Å². The van der Waals surface area contributed by atoms with Gasteiger partial charge in [-0.15, -0.1) is 16.4 Å². The summed E-state index contributed by atoms with van der Waals surface area (Å²) >= 11 is 2.82. The van der Waals surface area contributed by atoms with Gasteiger partial charge in [0.2, 0.25) is 0 Å². The fourth-order valence-corrected chi connectivity index (χ4v) is 3.73. The maximum absolute atomic E-state index is 11.0. The van der Waals surface area contributed by atoms with Gasteiger partial charge in [-0.25, -0.2) is 14.8 Å². The van der Waals surface area contributed by atoms with Crippen molar-refractivity contribution in [1.29, 1.82) is 0 Å². The summed E-state index contributed by atoms with van der Waals surface area (Å²) in [6.45, 7) is 2.08. The third kappa shape index (κ3) is 3.06. The maximum Gasteiger partial charge on any atom is 0.335 e. The normalized spacial score (nSPS) is 11.1. The van der Waals surface area contributed by atoms with Gasteiger partial charge in [0.15, 0.2) is 10.2 Å². The molecular weight excluding hydrogens is 308 g/mol. The number of hydrogen-bond donors (Lipinski definition) is 1. The van der Waals surface area contributed by atoms with Gasteiger partial charge in [0.1, 0.15) is 6.33 Å². The number of aromatic carboxylic acids is 1. The minimum absolute atomic E-state index is 0.272. The van der Waals surface area contributed by atoms with E-state index >= 15 is 0 Å². The molecule has 108 valence electrons. The number of aryl methyl sites for hydroxylation is 1. The number of carbonyl (C=O) groups is 1. The molecule has 0 unspecified atom stereocenters. The number of hydrogen-bond acceptors (Lipinski definition) is 6. The molecule has 0 amide bonds. The molecule has 0 aliphatic carbocycles. The van der Waals surface area contributed by atoms with Crippen molar-refractivity contribution in [1.82, 2.24) is 19.2 Å². The van der Waals surface area contributed by atoms with Crippen LogP contribution < -0.4 is 0 Å². The minimum Gasteiger partial charge on any atom is -0.478 e. The SMILES string of the molecule is CCCc1ncn(Sc2nc3ccc(C(=O)O)cc3s2)n1. The molecule has 1 N–H and O–H groups in total. The largest absolute Gasteiger partial charge is 0.478 e. The average molecular weight is 320 g/mol. The predicted octanol–water partition coefficient (Wildman–Crippen LogP) is 3.09. The van der Waals surface area contributed by atoms with Gasteiger partial charge in [0.25, 0.3) is 0 Å². The summed E-state index contributed by atoms with van der Waals surface area (Å²) < 4.78 is 3.34. The van der Waals surface area contributed by atoms with Crippen molar-refractivity contribution in [2.45, 2.75) is 24.1 Å². The maximum atomic E-state index is 11.0. The van der Waals surface area contributed by atoms with E-state index in [0.717, 1.165) is 33.2 Å². The first-order valence-corrected chi connectivity index (χ1v) is 7.97. The zero-order valence-electron chi connectivity index (χ0n) is 11.2. The van der Waals surface area contributed by atoms with E-state index in [1.807, 2.05) is 0 Å². The van der Waals surface area contributed by atoms with Crippen LogP contribution in [-0.2, 0) is 6.42 Å². The minimum atomic E-state index is -0.931. The van der Waals surface area contributed by atoms with Gasteiger partial charge < -0.3 is 5.11 Å². The second kappa shape index (κ2) is 5.82. The molecule has 0 saturated carbocycles. The standard InChI is InChI=1S/C13H12N4O2S2/c1-2-3-11-14-7-17(16-11)21-13-15-9-5-4-8(12(18)19)6-10(9)20-13/h4-7H,2-3H2,1H3,(H,18,19). The van der Waals surface area contributed by atoms with Crippen molar-refractivity contribution in [2.75, 3.05) is 0 Å². The molecule has 0 fully saturated rings. The number of fused-ring (bicyclic) bond motifs is 1. The van der Waals surface area contributed by atoms with E-state index < -0.39 is 5.97 Å². The Morgan fingerprint density at radius 3 is 3.10 bits per heavy atom. The number of rotatable bonds is 5. The molecule has 2 aromatic heterocycles. The number of nitrogens with zero attached hydrogens (tertiary/aromatic N) is 4. The monoisotopic (exact) mass is 320 g/mol. The number of carboxylic acids is 1. The highest BCUT2D eigenvalue weighted by Gasteiger charge is 2.10. The van der Waals surface area contributed by atoms with E-state index in [-0.39, 0.29) is 5.56 Å². The Bertz CT molecular complexity index is 796. The molecule has 0 atom stereocenters. The summed E-state index contributed by atoms with van der Waals surface area (Å²) in [5, 5.41) is 13.3. The molecule has 0 radical (unpaired) electrons. The fourth-order valence-electron chi connectivity index (χ4n) is 1.82. The Balaban J connectivity index is 1.84. The van der Waals surface area contributed by atoms with Gasteiger partial charge in [-0.05, 0) is 24.6 Å². The van der Waals surface area contributed by atoms with Gasteiger partial charge in [-0.2, -0.15) is 4.09 Å². The topological polar surface area (TPSA) is 80.9 Å². The quantitative estimate of drug-likeness (QED) is 0.778. The van der Waals surface area contributed by atoms with Crippen molar-refractivity contribution in [2.24, 2.45) is 0 Å². The Morgan fingerprint density at radius 2 is 2.33 bits per heavy atom. The molecule has 2 heterocycles.